The molecule has 2 heterocycles. The Labute approximate surface area is 176 Å². The summed E-state index contributed by atoms with van der Waals surface area (Å²) >= 11 is 0. The lowest BCUT2D eigenvalue weighted by molar-refractivity contribution is -0.133. The van der Waals surface area contributed by atoms with Crippen LogP contribution in [-0.4, -0.2) is 49.9 Å². The normalized spacial score (nSPS) is 13.1. The molecule has 1 amide bonds. The summed E-state index contributed by atoms with van der Waals surface area (Å²) in [6, 6.07) is 8.71. The molecule has 0 aliphatic heterocycles. The largest absolute Gasteiger partial charge is 0.386 e. The number of aliphatic hydroxyl groups excluding tert-OH is 1. The predicted molar refractivity (Wildman–Crippen MR) is 107 cm³/mol. The number of carbonyl (C=O) groups excluding carboxylic acids is 1. The van der Waals surface area contributed by atoms with Gasteiger partial charge in [0.25, 0.3) is 5.91 Å². The fourth-order valence-corrected chi connectivity index (χ4v) is 2.84. The molecule has 0 aliphatic carbocycles. The molecule has 2 aromatic heterocycles. The van der Waals surface area contributed by atoms with Crippen LogP contribution in [0.5, 0.6) is 0 Å². The van der Waals surface area contributed by atoms with Gasteiger partial charge in [-0.15, -0.1) is 5.10 Å². The van der Waals surface area contributed by atoms with Crippen molar-refractivity contribution in [1.82, 2.24) is 25.1 Å². The maximum atomic E-state index is 13.1. The van der Waals surface area contributed by atoms with Crippen molar-refractivity contribution >= 4 is 11.9 Å². The molecule has 0 radical (unpaired) electrons. The summed E-state index contributed by atoms with van der Waals surface area (Å²) in [7, 11) is 1.77. The van der Waals surface area contributed by atoms with Crippen LogP contribution in [0.4, 0.5) is 19.1 Å². The van der Waals surface area contributed by atoms with Gasteiger partial charge >= 0.3 is 6.43 Å². The fourth-order valence-electron chi connectivity index (χ4n) is 2.84. The summed E-state index contributed by atoms with van der Waals surface area (Å²) < 4.78 is 39.4. The number of nitrogens with zero attached hydrogens (tertiary/aromatic N) is 4. The van der Waals surface area contributed by atoms with Crippen LogP contribution in [0, 0.1) is 0 Å². The van der Waals surface area contributed by atoms with Crippen molar-refractivity contribution in [3.05, 3.63) is 60.2 Å². The lowest BCUT2D eigenvalue weighted by Crippen LogP contribution is -2.43. The highest BCUT2D eigenvalue weighted by molar-refractivity contribution is 5.79. The van der Waals surface area contributed by atoms with Gasteiger partial charge in [0, 0.05) is 18.8 Å². The first-order valence-corrected chi connectivity index (χ1v) is 9.34. The highest BCUT2D eigenvalue weighted by Crippen LogP contribution is 2.24. The van der Waals surface area contributed by atoms with Gasteiger partial charge in [-0.05, 0) is 17.2 Å². The number of nitrogens with one attached hydrogen (secondary N) is 2. The van der Waals surface area contributed by atoms with Gasteiger partial charge in [-0.3, -0.25) is 14.5 Å². The molecule has 0 fully saturated rings. The SMILES string of the molecule is Cn1cnc(NCc2ccc(-c3ccc([C@@H](O)[C@@H](CF)NC(=O)C(F)F)cc3)cn2)n1. The number of benzene rings is 1. The number of hydrogen-bond donors (Lipinski definition) is 3. The maximum absolute atomic E-state index is 13.1. The number of anilines is 1. The van der Waals surface area contributed by atoms with E-state index in [1.54, 1.807) is 53.8 Å². The number of aromatic nitrogens is 4. The second-order valence-corrected chi connectivity index (χ2v) is 6.77. The molecular formula is C20H21F3N6O2. The van der Waals surface area contributed by atoms with E-state index in [9.17, 15) is 23.1 Å². The molecule has 0 saturated carbocycles. The molecule has 0 bridgehead atoms. The Morgan fingerprint density at radius 1 is 1.13 bits per heavy atom. The average Bonchev–Trinajstić information content (AvgIpc) is 3.21. The van der Waals surface area contributed by atoms with Crippen LogP contribution in [0.25, 0.3) is 11.1 Å². The van der Waals surface area contributed by atoms with Crippen LogP contribution in [-0.2, 0) is 18.4 Å². The molecule has 2 atom stereocenters. The van der Waals surface area contributed by atoms with Crippen LogP contribution in [0.15, 0.2) is 48.9 Å². The van der Waals surface area contributed by atoms with Gasteiger partial charge in [-0.1, -0.05) is 30.3 Å². The van der Waals surface area contributed by atoms with E-state index in [4.69, 9.17) is 0 Å². The highest BCUT2D eigenvalue weighted by Gasteiger charge is 2.26. The van der Waals surface area contributed by atoms with Crippen LogP contribution < -0.4 is 10.6 Å². The molecule has 31 heavy (non-hydrogen) atoms. The minimum absolute atomic E-state index is 0.289. The summed E-state index contributed by atoms with van der Waals surface area (Å²) in [6.45, 7) is -0.737. The number of rotatable bonds is 9. The maximum Gasteiger partial charge on any atom is 0.315 e. The van der Waals surface area contributed by atoms with E-state index in [2.05, 4.69) is 20.4 Å². The first-order valence-electron chi connectivity index (χ1n) is 9.34. The van der Waals surface area contributed by atoms with Crippen LogP contribution in [0.2, 0.25) is 0 Å². The van der Waals surface area contributed by atoms with E-state index in [0.717, 1.165) is 16.8 Å². The van der Waals surface area contributed by atoms with Crippen molar-refractivity contribution in [3.8, 4) is 11.1 Å². The van der Waals surface area contributed by atoms with Crippen molar-refractivity contribution in [2.45, 2.75) is 25.1 Å². The van der Waals surface area contributed by atoms with Crippen molar-refractivity contribution in [2.75, 3.05) is 12.0 Å². The Hall–Kier alpha value is -3.47. The molecule has 0 unspecified atom stereocenters. The summed E-state index contributed by atoms with van der Waals surface area (Å²) in [5, 5.41) is 19.2. The van der Waals surface area contributed by atoms with Crippen molar-refractivity contribution in [3.63, 3.8) is 0 Å². The molecule has 1 aromatic carbocycles. The summed E-state index contributed by atoms with van der Waals surface area (Å²) in [6.07, 6.45) is -1.48. The number of pyridine rings is 1. The number of amides is 1. The zero-order chi connectivity index (χ0) is 22.4. The smallest absolute Gasteiger partial charge is 0.315 e. The third-order valence-corrected chi connectivity index (χ3v) is 4.51. The summed E-state index contributed by atoms with van der Waals surface area (Å²) in [5.74, 6) is -1.13. The predicted octanol–water partition coefficient (Wildman–Crippen LogP) is 2.24. The average molecular weight is 434 g/mol. The van der Waals surface area contributed by atoms with E-state index < -0.39 is 31.2 Å². The fraction of sp³-hybridized carbons (Fsp3) is 0.300. The Bertz CT molecular complexity index is 995. The summed E-state index contributed by atoms with van der Waals surface area (Å²) in [5.41, 5.74) is 2.68. The number of halogens is 3. The number of aliphatic hydroxyl groups is 1. The first kappa shape index (κ1) is 22.2. The Morgan fingerprint density at radius 2 is 1.84 bits per heavy atom. The molecular weight excluding hydrogens is 413 g/mol. The number of aryl methyl sites for hydroxylation is 1. The second kappa shape index (κ2) is 10.0. The molecule has 0 saturated heterocycles. The minimum atomic E-state index is -3.28. The quantitative estimate of drug-likeness (QED) is 0.477. The number of hydrogen-bond acceptors (Lipinski definition) is 6. The van der Waals surface area contributed by atoms with E-state index in [-0.39, 0.29) is 5.56 Å². The second-order valence-electron chi connectivity index (χ2n) is 6.77. The van der Waals surface area contributed by atoms with Gasteiger partial charge in [0.1, 0.15) is 19.1 Å². The van der Waals surface area contributed by atoms with E-state index in [1.807, 2.05) is 12.1 Å². The molecule has 0 aliphatic rings. The molecule has 11 heteroatoms. The molecule has 3 aromatic rings. The van der Waals surface area contributed by atoms with E-state index in [0.29, 0.717) is 12.5 Å². The Kier molecular flexibility index (Phi) is 7.19. The Morgan fingerprint density at radius 3 is 2.39 bits per heavy atom. The van der Waals surface area contributed by atoms with Gasteiger partial charge in [0.05, 0.1) is 18.3 Å². The standard InChI is InChI=1S/C20H21F3N6O2/c1-29-11-26-20(28-29)25-10-15-7-6-14(9-24-15)12-2-4-13(5-3-12)17(30)16(8-21)27-19(31)18(22)23/h2-7,9,11,16-18,30H,8,10H2,1H3,(H,25,28)(H,27,31)/t16-,17-/m1/s1. The van der Waals surface area contributed by atoms with Gasteiger partial charge in [-0.25, -0.2) is 9.37 Å². The van der Waals surface area contributed by atoms with Gasteiger partial charge in [0.15, 0.2) is 0 Å². The van der Waals surface area contributed by atoms with Crippen LogP contribution in [0.1, 0.15) is 17.4 Å². The molecule has 3 rings (SSSR count). The third kappa shape index (κ3) is 5.79. The van der Waals surface area contributed by atoms with Gasteiger partial charge in [-0.2, -0.15) is 8.78 Å². The number of carbonyl (C=O) groups is 1. The van der Waals surface area contributed by atoms with E-state index >= 15 is 0 Å². The third-order valence-electron chi connectivity index (χ3n) is 4.51. The van der Waals surface area contributed by atoms with Gasteiger partial charge in [0.2, 0.25) is 5.95 Å². The van der Waals surface area contributed by atoms with Crippen molar-refractivity contribution < 1.29 is 23.1 Å². The van der Waals surface area contributed by atoms with Crippen LogP contribution in [0.3, 0.4) is 0 Å². The summed E-state index contributed by atoms with van der Waals surface area (Å²) in [4.78, 5) is 19.5. The van der Waals surface area contributed by atoms with Crippen molar-refractivity contribution in [1.29, 1.82) is 0 Å². The minimum Gasteiger partial charge on any atom is -0.386 e. The van der Waals surface area contributed by atoms with Crippen molar-refractivity contribution in [2.24, 2.45) is 7.05 Å². The molecule has 3 N–H and O–H groups in total. The zero-order valence-corrected chi connectivity index (χ0v) is 16.5. The van der Waals surface area contributed by atoms with Crippen LogP contribution >= 0.6 is 0 Å². The van der Waals surface area contributed by atoms with Gasteiger partial charge < -0.3 is 15.7 Å². The molecule has 0 spiro atoms. The molecule has 164 valence electrons. The first-order chi connectivity index (χ1) is 14.9. The monoisotopic (exact) mass is 434 g/mol. The van der Waals surface area contributed by atoms with E-state index in [1.165, 1.54) is 0 Å². The Balaban J connectivity index is 1.63. The lowest BCUT2D eigenvalue weighted by Gasteiger charge is -2.22. The number of alkyl halides is 3. The molecule has 8 nitrogen and oxygen atoms in total. The lowest BCUT2D eigenvalue weighted by atomic mass is 9.99. The zero-order valence-electron chi connectivity index (χ0n) is 16.5. The topological polar surface area (TPSA) is 105 Å². The highest BCUT2D eigenvalue weighted by atomic mass is 19.3.